The first-order valence-electron chi connectivity index (χ1n) is 8.97. The number of hydrogen-bond acceptors (Lipinski definition) is 6. The zero-order valence-electron chi connectivity index (χ0n) is 15.1. The van der Waals surface area contributed by atoms with Gasteiger partial charge in [0.2, 0.25) is 5.88 Å². The van der Waals surface area contributed by atoms with Gasteiger partial charge in [0.1, 0.15) is 17.8 Å². The van der Waals surface area contributed by atoms with Crippen molar-refractivity contribution < 1.29 is 4.74 Å². The quantitative estimate of drug-likeness (QED) is 0.640. The van der Waals surface area contributed by atoms with Crippen molar-refractivity contribution in [2.24, 2.45) is 5.92 Å². The number of nitrogens with one attached hydrogen (secondary N) is 1. The van der Waals surface area contributed by atoms with Crippen LogP contribution in [0.2, 0.25) is 0 Å². The van der Waals surface area contributed by atoms with Gasteiger partial charge in [-0.3, -0.25) is 0 Å². The molecular formula is C19H23N5OS. The number of thioether (sulfide) groups is 1. The Kier molecular flexibility index (Phi) is 4.97. The number of pyridine rings is 1. The summed E-state index contributed by atoms with van der Waals surface area (Å²) in [5.74, 6) is 3.59. The molecule has 1 saturated carbocycles. The molecule has 1 aliphatic rings. The largest absolute Gasteiger partial charge is 0.478 e. The van der Waals surface area contributed by atoms with Crippen LogP contribution in [0.25, 0.3) is 11.0 Å². The highest BCUT2D eigenvalue weighted by molar-refractivity contribution is 7.99. The number of fused-ring (bicyclic) bond motifs is 1. The summed E-state index contributed by atoms with van der Waals surface area (Å²) >= 11 is 1.89. The maximum atomic E-state index is 5.47. The number of hydrogen-bond donors (Lipinski definition) is 1. The van der Waals surface area contributed by atoms with Crippen molar-refractivity contribution in [3.63, 3.8) is 0 Å². The summed E-state index contributed by atoms with van der Waals surface area (Å²) in [4.78, 5) is 19.7. The molecule has 3 aromatic heterocycles. The third-order valence-electron chi connectivity index (χ3n) is 4.91. The Morgan fingerprint density at radius 3 is 3.00 bits per heavy atom. The number of aromatic amines is 1. The topological polar surface area (TPSA) is 66.9 Å². The molecule has 3 heterocycles. The second-order valence-corrected chi connectivity index (χ2v) is 7.71. The van der Waals surface area contributed by atoms with Crippen molar-refractivity contribution in [3.8, 4) is 5.88 Å². The van der Waals surface area contributed by atoms with Crippen LogP contribution in [-0.4, -0.2) is 45.4 Å². The van der Waals surface area contributed by atoms with Gasteiger partial charge in [0, 0.05) is 42.2 Å². The monoisotopic (exact) mass is 369 g/mol. The molecule has 7 heteroatoms. The molecule has 1 N–H and O–H groups in total. The number of ether oxygens (including phenoxy) is 1. The van der Waals surface area contributed by atoms with Crippen LogP contribution in [0.5, 0.6) is 5.88 Å². The van der Waals surface area contributed by atoms with Crippen molar-refractivity contribution in [3.05, 3.63) is 36.9 Å². The fourth-order valence-electron chi connectivity index (χ4n) is 3.39. The van der Waals surface area contributed by atoms with Gasteiger partial charge in [0.05, 0.1) is 12.0 Å². The standard InChI is InChI=1S/C19H23N5OS/c1-3-25-17-10-15(4-6-20-17)26-11-13-8-14(9-13)24(2)19-16-5-7-21-18(16)22-12-23-19/h4-7,10,12-14H,3,8-9,11H2,1-2H3,(H,21,22,23). The van der Waals surface area contributed by atoms with Crippen LogP contribution in [0.3, 0.4) is 0 Å². The van der Waals surface area contributed by atoms with Crippen molar-refractivity contribution in [1.29, 1.82) is 0 Å². The first kappa shape index (κ1) is 17.1. The van der Waals surface area contributed by atoms with Gasteiger partial charge in [0.15, 0.2) is 0 Å². The van der Waals surface area contributed by atoms with Crippen LogP contribution in [-0.2, 0) is 0 Å². The first-order valence-corrected chi connectivity index (χ1v) is 9.95. The predicted molar refractivity (Wildman–Crippen MR) is 105 cm³/mol. The summed E-state index contributed by atoms with van der Waals surface area (Å²) in [6.45, 7) is 2.63. The fourth-order valence-corrected chi connectivity index (χ4v) is 4.43. The summed E-state index contributed by atoms with van der Waals surface area (Å²) < 4.78 is 5.47. The van der Waals surface area contributed by atoms with Crippen LogP contribution in [0.15, 0.2) is 41.8 Å². The number of aromatic nitrogens is 4. The van der Waals surface area contributed by atoms with E-state index in [0.29, 0.717) is 18.5 Å². The van der Waals surface area contributed by atoms with Crippen LogP contribution in [0.4, 0.5) is 5.82 Å². The van der Waals surface area contributed by atoms with Crippen LogP contribution >= 0.6 is 11.8 Å². The first-order chi connectivity index (χ1) is 12.7. The molecule has 0 aliphatic heterocycles. The number of H-pyrrole nitrogens is 1. The van der Waals surface area contributed by atoms with Gasteiger partial charge < -0.3 is 14.6 Å². The second kappa shape index (κ2) is 7.53. The maximum Gasteiger partial charge on any atom is 0.214 e. The molecular weight excluding hydrogens is 346 g/mol. The third kappa shape index (κ3) is 3.49. The molecule has 0 unspecified atom stereocenters. The molecule has 0 amide bonds. The van der Waals surface area contributed by atoms with E-state index in [0.717, 1.165) is 28.5 Å². The van der Waals surface area contributed by atoms with E-state index in [-0.39, 0.29) is 0 Å². The van der Waals surface area contributed by atoms with Gasteiger partial charge in [-0.05, 0) is 37.8 Å². The Hall–Kier alpha value is -2.28. The third-order valence-corrected chi connectivity index (χ3v) is 6.14. The summed E-state index contributed by atoms with van der Waals surface area (Å²) in [5.41, 5.74) is 0.899. The lowest BCUT2D eigenvalue weighted by atomic mass is 9.81. The lowest BCUT2D eigenvalue weighted by Gasteiger charge is -2.41. The minimum atomic E-state index is 0.546. The molecule has 0 atom stereocenters. The Morgan fingerprint density at radius 2 is 2.15 bits per heavy atom. The summed E-state index contributed by atoms with van der Waals surface area (Å²) in [6, 6.07) is 6.68. The number of rotatable bonds is 7. The molecule has 0 saturated heterocycles. The predicted octanol–water partition coefficient (Wildman–Crippen LogP) is 3.76. The molecule has 3 aromatic rings. The van der Waals surface area contributed by atoms with Gasteiger partial charge >= 0.3 is 0 Å². The molecule has 26 heavy (non-hydrogen) atoms. The highest BCUT2D eigenvalue weighted by Crippen LogP contribution is 2.38. The molecule has 0 spiro atoms. The average molecular weight is 369 g/mol. The Labute approximate surface area is 157 Å². The number of anilines is 1. The normalized spacial score (nSPS) is 19.3. The van der Waals surface area contributed by atoms with E-state index in [4.69, 9.17) is 4.74 Å². The van der Waals surface area contributed by atoms with E-state index in [1.807, 2.05) is 43.2 Å². The van der Waals surface area contributed by atoms with E-state index >= 15 is 0 Å². The minimum absolute atomic E-state index is 0.546. The second-order valence-electron chi connectivity index (χ2n) is 6.61. The van der Waals surface area contributed by atoms with E-state index in [9.17, 15) is 0 Å². The summed E-state index contributed by atoms with van der Waals surface area (Å²) in [5, 5.41) is 1.09. The van der Waals surface area contributed by atoms with Gasteiger partial charge in [-0.2, -0.15) is 0 Å². The lowest BCUT2D eigenvalue weighted by molar-refractivity contribution is 0.286. The molecule has 1 fully saturated rings. The van der Waals surface area contributed by atoms with Crippen molar-refractivity contribution in [2.45, 2.75) is 30.7 Å². The van der Waals surface area contributed by atoms with Crippen molar-refractivity contribution in [2.75, 3.05) is 24.3 Å². The minimum Gasteiger partial charge on any atom is -0.478 e. The fraction of sp³-hybridized carbons (Fsp3) is 0.421. The number of nitrogens with zero attached hydrogens (tertiary/aromatic N) is 4. The van der Waals surface area contributed by atoms with Gasteiger partial charge in [-0.15, -0.1) is 11.8 Å². The average Bonchev–Trinajstić information content (AvgIpc) is 3.09. The van der Waals surface area contributed by atoms with E-state index < -0.39 is 0 Å². The molecule has 1 aliphatic carbocycles. The van der Waals surface area contributed by atoms with Crippen LogP contribution < -0.4 is 9.64 Å². The summed E-state index contributed by atoms with van der Waals surface area (Å²) in [6.07, 6.45) is 7.77. The Bertz CT molecular complexity index is 877. The van der Waals surface area contributed by atoms with Crippen LogP contribution in [0, 0.1) is 5.92 Å². The molecule has 0 aromatic carbocycles. The van der Waals surface area contributed by atoms with E-state index in [2.05, 4.69) is 37.9 Å². The summed E-state index contributed by atoms with van der Waals surface area (Å²) in [7, 11) is 2.14. The molecule has 136 valence electrons. The SMILES string of the molecule is CCOc1cc(SCC2CC(N(C)c3ncnc4[nH]ccc34)C2)ccn1. The van der Waals surface area contributed by atoms with E-state index in [1.54, 1.807) is 6.33 Å². The Balaban J connectivity index is 1.31. The Morgan fingerprint density at radius 1 is 1.27 bits per heavy atom. The van der Waals surface area contributed by atoms with Gasteiger partial charge in [0.25, 0.3) is 0 Å². The van der Waals surface area contributed by atoms with E-state index in [1.165, 1.54) is 17.7 Å². The highest BCUT2D eigenvalue weighted by atomic mass is 32.2. The smallest absolute Gasteiger partial charge is 0.214 e. The van der Waals surface area contributed by atoms with Gasteiger partial charge in [-0.25, -0.2) is 15.0 Å². The molecule has 6 nitrogen and oxygen atoms in total. The maximum absolute atomic E-state index is 5.47. The lowest BCUT2D eigenvalue weighted by Crippen LogP contribution is -2.43. The molecule has 0 bridgehead atoms. The zero-order valence-corrected chi connectivity index (χ0v) is 15.9. The zero-order chi connectivity index (χ0) is 17.9. The van der Waals surface area contributed by atoms with Gasteiger partial charge in [-0.1, -0.05) is 0 Å². The highest BCUT2D eigenvalue weighted by Gasteiger charge is 2.33. The molecule has 0 radical (unpaired) electrons. The van der Waals surface area contributed by atoms with Crippen LogP contribution in [0.1, 0.15) is 19.8 Å². The van der Waals surface area contributed by atoms with Crippen molar-refractivity contribution in [1.82, 2.24) is 19.9 Å². The molecule has 4 rings (SSSR count). The van der Waals surface area contributed by atoms with Crippen molar-refractivity contribution >= 4 is 28.6 Å².